The first-order chi connectivity index (χ1) is 12.8. The van der Waals surface area contributed by atoms with Gasteiger partial charge in [-0.15, -0.1) is 0 Å². The highest BCUT2D eigenvalue weighted by molar-refractivity contribution is 5.95. The molecule has 7 heteroatoms. The Labute approximate surface area is 156 Å². The molecule has 0 unspecified atom stereocenters. The van der Waals surface area contributed by atoms with Crippen LogP contribution in [0.15, 0.2) is 48.5 Å². The largest absolute Gasteiger partial charge is 0.453 e. The van der Waals surface area contributed by atoms with Gasteiger partial charge in [0, 0.05) is 24.7 Å². The van der Waals surface area contributed by atoms with Gasteiger partial charge in [0.25, 0.3) is 5.91 Å². The molecular weight excluding hydrogens is 351 g/mol. The van der Waals surface area contributed by atoms with Gasteiger partial charge in [0.1, 0.15) is 5.82 Å². The van der Waals surface area contributed by atoms with Crippen molar-refractivity contribution < 1.29 is 23.5 Å². The summed E-state index contributed by atoms with van der Waals surface area (Å²) in [6, 6.07) is 12.4. The van der Waals surface area contributed by atoms with E-state index in [0.717, 1.165) is 5.56 Å². The van der Waals surface area contributed by atoms with Crippen molar-refractivity contribution in [3.05, 3.63) is 59.9 Å². The van der Waals surface area contributed by atoms with Gasteiger partial charge >= 0.3 is 5.97 Å². The summed E-state index contributed by atoms with van der Waals surface area (Å²) < 4.78 is 18.0. The lowest BCUT2D eigenvalue weighted by Crippen LogP contribution is -2.30. The van der Waals surface area contributed by atoms with Crippen LogP contribution in [0.1, 0.15) is 25.8 Å². The molecule has 2 aromatic rings. The van der Waals surface area contributed by atoms with Gasteiger partial charge in [-0.2, -0.15) is 0 Å². The number of esters is 1. The van der Waals surface area contributed by atoms with E-state index in [1.165, 1.54) is 26.0 Å². The molecule has 2 rings (SSSR count). The lowest BCUT2D eigenvalue weighted by Gasteiger charge is -2.14. The van der Waals surface area contributed by atoms with Crippen molar-refractivity contribution >= 4 is 29.2 Å². The fourth-order valence-electron chi connectivity index (χ4n) is 2.29. The number of ether oxygens (including phenoxy) is 1. The summed E-state index contributed by atoms with van der Waals surface area (Å²) in [5.74, 6) is -1.50. The van der Waals surface area contributed by atoms with Crippen LogP contribution in [-0.2, 0) is 25.5 Å². The highest BCUT2D eigenvalue weighted by Gasteiger charge is 2.18. The number of carbonyl (C=O) groups is 3. The minimum absolute atomic E-state index is 0.0919. The molecule has 0 aliphatic rings. The van der Waals surface area contributed by atoms with Crippen LogP contribution in [0.25, 0.3) is 0 Å². The van der Waals surface area contributed by atoms with Crippen LogP contribution in [-0.4, -0.2) is 23.9 Å². The second kappa shape index (κ2) is 9.47. The zero-order valence-electron chi connectivity index (χ0n) is 15.1. The van der Waals surface area contributed by atoms with E-state index in [4.69, 9.17) is 4.74 Å². The average Bonchev–Trinajstić information content (AvgIpc) is 2.62. The smallest absolute Gasteiger partial charge is 0.306 e. The van der Waals surface area contributed by atoms with Gasteiger partial charge in [-0.05, 0) is 55.3 Å². The molecule has 0 bridgehead atoms. The molecule has 6 nitrogen and oxygen atoms in total. The molecule has 0 aliphatic carbocycles. The Kier molecular flexibility index (Phi) is 7.05. The molecule has 0 saturated carbocycles. The number of hydrogen-bond acceptors (Lipinski definition) is 4. The second-order valence-corrected chi connectivity index (χ2v) is 6.01. The maximum Gasteiger partial charge on any atom is 0.306 e. The second-order valence-electron chi connectivity index (χ2n) is 6.01. The number of amides is 2. The van der Waals surface area contributed by atoms with Crippen LogP contribution < -0.4 is 10.6 Å². The van der Waals surface area contributed by atoms with Gasteiger partial charge < -0.3 is 15.4 Å². The van der Waals surface area contributed by atoms with Gasteiger partial charge in [0.15, 0.2) is 6.10 Å². The summed E-state index contributed by atoms with van der Waals surface area (Å²) in [6.45, 7) is 2.89. The summed E-state index contributed by atoms with van der Waals surface area (Å²) in [5, 5.41) is 5.26. The average molecular weight is 372 g/mol. The van der Waals surface area contributed by atoms with Crippen molar-refractivity contribution in [2.24, 2.45) is 0 Å². The molecule has 27 heavy (non-hydrogen) atoms. The highest BCUT2D eigenvalue weighted by atomic mass is 19.1. The van der Waals surface area contributed by atoms with Crippen molar-refractivity contribution in [1.29, 1.82) is 0 Å². The Morgan fingerprint density at radius 1 is 0.963 bits per heavy atom. The number of nitrogens with one attached hydrogen (secondary N) is 2. The Morgan fingerprint density at radius 2 is 1.52 bits per heavy atom. The lowest BCUT2D eigenvalue weighted by molar-refractivity contribution is -0.153. The predicted octanol–water partition coefficient (Wildman–Crippen LogP) is 3.29. The normalized spacial score (nSPS) is 11.4. The van der Waals surface area contributed by atoms with Crippen molar-refractivity contribution in [1.82, 2.24) is 0 Å². The number of rotatable bonds is 7. The van der Waals surface area contributed by atoms with E-state index >= 15 is 0 Å². The third-order valence-electron chi connectivity index (χ3n) is 3.68. The number of benzene rings is 2. The number of aryl methyl sites for hydroxylation is 1. The first kappa shape index (κ1) is 20.1. The molecule has 0 heterocycles. The summed E-state index contributed by atoms with van der Waals surface area (Å²) in [5.41, 5.74) is 1.94. The minimum atomic E-state index is -0.958. The quantitative estimate of drug-likeness (QED) is 0.731. The minimum Gasteiger partial charge on any atom is -0.453 e. The zero-order valence-corrected chi connectivity index (χ0v) is 15.1. The molecule has 2 amide bonds. The van der Waals surface area contributed by atoms with Gasteiger partial charge in [-0.1, -0.05) is 12.1 Å². The van der Waals surface area contributed by atoms with Crippen LogP contribution in [0.5, 0.6) is 0 Å². The molecule has 0 aliphatic heterocycles. The molecule has 1 atom stereocenters. The van der Waals surface area contributed by atoms with E-state index in [1.807, 2.05) is 0 Å². The number of hydrogen-bond donors (Lipinski definition) is 2. The molecule has 0 fully saturated rings. The monoisotopic (exact) mass is 372 g/mol. The fourth-order valence-corrected chi connectivity index (χ4v) is 2.29. The molecule has 0 saturated heterocycles. The third kappa shape index (κ3) is 6.89. The van der Waals surface area contributed by atoms with Crippen LogP contribution in [0.4, 0.5) is 15.8 Å². The molecule has 2 N–H and O–H groups in total. The summed E-state index contributed by atoms with van der Waals surface area (Å²) in [6.07, 6.45) is -0.465. The number of halogens is 1. The van der Waals surface area contributed by atoms with Crippen LogP contribution in [0, 0.1) is 5.82 Å². The van der Waals surface area contributed by atoms with Gasteiger partial charge in [0.05, 0.1) is 0 Å². The first-order valence-corrected chi connectivity index (χ1v) is 8.46. The SMILES string of the molecule is CC(=O)Nc1ccc(NC(=O)[C@H](C)OC(=O)CCc2ccc(F)cc2)cc1. The Hall–Kier alpha value is -3.22. The summed E-state index contributed by atoms with van der Waals surface area (Å²) >= 11 is 0. The van der Waals surface area contributed by atoms with E-state index in [2.05, 4.69) is 10.6 Å². The van der Waals surface area contributed by atoms with Crippen LogP contribution in [0.2, 0.25) is 0 Å². The van der Waals surface area contributed by atoms with E-state index in [0.29, 0.717) is 17.8 Å². The van der Waals surface area contributed by atoms with Crippen LogP contribution >= 0.6 is 0 Å². The molecule has 0 aromatic heterocycles. The van der Waals surface area contributed by atoms with Crippen molar-refractivity contribution in [3.63, 3.8) is 0 Å². The molecule has 0 spiro atoms. The maximum atomic E-state index is 12.8. The molecule has 2 aromatic carbocycles. The molecule has 142 valence electrons. The maximum absolute atomic E-state index is 12.8. The van der Waals surface area contributed by atoms with E-state index in [9.17, 15) is 18.8 Å². The van der Waals surface area contributed by atoms with Crippen molar-refractivity contribution in [2.45, 2.75) is 32.8 Å². The topological polar surface area (TPSA) is 84.5 Å². The first-order valence-electron chi connectivity index (χ1n) is 8.46. The lowest BCUT2D eigenvalue weighted by atomic mass is 10.1. The number of anilines is 2. The standard InChI is InChI=1S/C20H21FN2O4/c1-13(27-19(25)12-5-15-3-6-16(21)7-4-15)20(26)23-18-10-8-17(9-11-18)22-14(2)24/h3-4,6-11,13H,5,12H2,1-2H3,(H,22,24)(H,23,26)/t13-/m0/s1. The summed E-state index contributed by atoms with van der Waals surface area (Å²) in [4.78, 5) is 35.0. The van der Waals surface area contributed by atoms with E-state index in [-0.39, 0.29) is 18.1 Å². The predicted molar refractivity (Wildman–Crippen MR) is 99.7 cm³/mol. The van der Waals surface area contributed by atoms with Gasteiger partial charge in [0.2, 0.25) is 5.91 Å². The Balaban J connectivity index is 1.79. The third-order valence-corrected chi connectivity index (χ3v) is 3.68. The fraction of sp³-hybridized carbons (Fsp3) is 0.250. The summed E-state index contributed by atoms with van der Waals surface area (Å²) in [7, 11) is 0. The zero-order chi connectivity index (χ0) is 19.8. The van der Waals surface area contributed by atoms with Crippen LogP contribution in [0.3, 0.4) is 0 Å². The van der Waals surface area contributed by atoms with Crippen molar-refractivity contribution in [3.8, 4) is 0 Å². The highest BCUT2D eigenvalue weighted by Crippen LogP contribution is 2.14. The molecule has 0 radical (unpaired) electrons. The number of carbonyl (C=O) groups excluding carboxylic acids is 3. The van der Waals surface area contributed by atoms with Gasteiger partial charge in [-0.25, -0.2) is 4.39 Å². The Morgan fingerprint density at radius 3 is 2.07 bits per heavy atom. The van der Waals surface area contributed by atoms with E-state index < -0.39 is 18.0 Å². The Bertz CT molecular complexity index is 804. The molecular formula is C20H21FN2O4. The van der Waals surface area contributed by atoms with Gasteiger partial charge in [-0.3, -0.25) is 14.4 Å². The van der Waals surface area contributed by atoms with E-state index in [1.54, 1.807) is 36.4 Å². The van der Waals surface area contributed by atoms with Crippen molar-refractivity contribution in [2.75, 3.05) is 10.6 Å².